The molecule has 0 fully saturated rings. The summed E-state index contributed by atoms with van der Waals surface area (Å²) in [6.45, 7) is 0.411. The lowest BCUT2D eigenvalue weighted by Crippen LogP contribution is -2.24. The van der Waals surface area contributed by atoms with Crippen molar-refractivity contribution in [2.75, 3.05) is 6.54 Å². The maximum absolute atomic E-state index is 13.1. The molecule has 0 heterocycles. The fourth-order valence-electron chi connectivity index (χ4n) is 1.88. The summed E-state index contributed by atoms with van der Waals surface area (Å²) in [7, 11) is 0. The van der Waals surface area contributed by atoms with Gasteiger partial charge in [0.1, 0.15) is 12.4 Å². The normalized spacial score (nSPS) is 10.3. The van der Waals surface area contributed by atoms with E-state index in [1.807, 2.05) is 36.4 Å². The molecule has 0 saturated carbocycles. The predicted octanol–water partition coefficient (Wildman–Crippen LogP) is 3.64. The third kappa shape index (κ3) is 5.29. The minimum Gasteiger partial charge on any atom is -0.445 e. The average molecular weight is 310 g/mol. The van der Waals surface area contributed by atoms with Crippen LogP contribution in [0.5, 0.6) is 0 Å². The van der Waals surface area contributed by atoms with Gasteiger partial charge in [0.15, 0.2) is 0 Å². The fraction of sp³-hybridized carbons (Fsp3) is 0.111. The molecule has 4 nitrogen and oxygen atoms in total. The van der Waals surface area contributed by atoms with Crippen molar-refractivity contribution in [3.8, 4) is 6.07 Å². The quantitative estimate of drug-likeness (QED) is 0.917. The number of nitriles is 1. The molecule has 0 aromatic heterocycles. The van der Waals surface area contributed by atoms with Gasteiger partial charge in [-0.05, 0) is 29.3 Å². The third-order valence-corrected chi connectivity index (χ3v) is 3.01. The zero-order valence-electron chi connectivity index (χ0n) is 12.3. The van der Waals surface area contributed by atoms with Crippen LogP contribution in [0.3, 0.4) is 0 Å². The Labute approximate surface area is 133 Å². The minimum atomic E-state index is -0.543. The van der Waals surface area contributed by atoms with Gasteiger partial charge in [-0.1, -0.05) is 42.5 Å². The number of alkyl carbamates (subject to hydrolysis) is 1. The summed E-state index contributed by atoms with van der Waals surface area (Å²) in [5.74, 6) is -0.418. The molecule has 0 atom stereocenters. The number of ether oxygens (including phenoxy) is 1. The first-order chi connectivity index (χ1) is 11.2. The molecule has 0 unspecified atom stereocenters. The predicted molar refractivity (Wildman–Crippen MR) is 84.8 cm³/mol. The highest BCUT2D eigenvalue weighted by Gasteiger charge is 2.02. The largest absolute Gasteiger partial charge is 0.445 e. The first-order valence-corrected chi connectivity index (χ1v) is 7.00. The summed E-state index contributed by atoms with van der Waals surface area (Å²) in [5.41, 5.74) is 1.73. The SMILES string of the molecule is N#Cc1ccc(F)cc1C=CCNC(=O)OCc1ccccc1. The van der Waals surface area contributed by atoms with E-state index in [0.29, 0.717) is 11.1 Å². The second-order valence-electron chi connectivity index (χ2n) is 4.69. The zero-order valence-corrected chi connectivity index (χ0v) is 12.3. The van der Waals surface area contributed by atoms with Crippen LogP contribution in [0, 0.1) is 17.1 Å². The van der Waals surface area contributed by atoms with Crippen molar-refractivity contribution >= 4 is 12.2 Å². The van der Waals surface area contributed by atoms with E-state index >= 15 is 0 Å². The lowest BCUT2D eigenvalue weighted by molar-refractivity contribution is 0.141. The lowest BCUT2D eigenvalue weighted by Gasteiger charge is -2.05. The van der Waals surface area contributed by atoms with Crippen molar-refractivity contribution in [3.63, 3.8) is 0 Å². The van der Waals surface area contributed by atoms with Gasteiger partial charge in [-0.15, -0.1) is 0 Å². The van der Waals surface area contributed by atoms with Crippen LogP contribution < -0.4 is 5.32 Å². The topological polar surface area (TPSA) is 62.1 Å². The van der Waals surface area contributed by atoms with Crippen molar-refractivity contribution in [2.24, 2.45) is 0 Å². The molecule has 0 spiro atoms. The van der Waals surface area contributed by atoms with Crippen LogP contribution in [-0.2, 0) is 11.3 Å². The number of nitrogens with one attached hydrogen (secondary N) is 1. The van der Waals surface area contributed by atoms with Crippen LogP contribution in [0.1, 0.15) is 16.7 Å². The standard InChI is InChI=1S/C18H15FN2O2/c19-17-9-8-16(12-20)15(11-17)7-4-10-21-18(22)23-13-14-5-2-1-3-6-14/h1-9,11H,10,13H2,(H,21,22). The molecule has 1 N–H and O–H groups in total. The van der Waals surface area contributed by atoms with Gasteiger partial charge in [0, 0.05) is 6.54 Å². The Morgan fingerprint density at radius 3 is 2.78 bits per heavy atom. The third-order valence-electron chi connectivity index (χ3n) is 3.01. The number of hydrogen-bond acceptors (Lipinski definition) is 3. The number of rotatable bonds is 5. The second kappa shape index (κ2) is 8.35. The number of nitrogens with zero attached hydrogens (tertiary/aromatic N) is 1. The maximum atomic E-state index is 13.1. The highest BCUT2D eigenvalue weighted by atomic mass is 19.1. The van der Waals surface area contributed by atoms with E-state index in [1.165, 1.54) is 18.2 Å². The summed E-state index contributed by atoms with van der Waals surface area (Å²) in [6, 6.07) is 15.2. The molecule has 0 bridgehead atoms. The molecule has 0 saturated heterocycles. The summed E-state index contributed by atoms with van der Waals surface area (Å²) < 4.78 is 18.2. The van der Waals surface area contributed by atoms with Gasteiger partial charge >= 0.3 is 6.09 Å². The Kier molecular flexibility index (Phi) is 5.89. The van der Waals surface area contributed by atoms with Crippen LogP contribution in [0.4, 0.5) is 9.18 Å². The Balaban J connectivity index is 1.79. The molecule has 0 aliphatic rings. The van der Waals surface area contributed by atoms with E-state index in [-0.39, 0.29) is 13.2 Å². The van der Waals surface area contributed by atoms with Gasteiger partial charge in [-0.3, -0.25) is 0 Å². The number of benzene rings is 2. The molecule has 23 heavy (non-hydrogen) atoms. The number of halogens is 1. The Hall–Kier alpha value is -3.13. The molecule has 0 aliphatic heterocycles. The van der Waals surface area contributed by atoms with Crippen LogP contribution in [0.25, 0.3) is 6.08 Å². The number of carbonyl (C=O) groups excluding carboxylic acids is 1. The molecule has 2 aromatic carbocycles. The molecule has 2 rings (SSSR count). The molecular formula is C18H15FN2O2. The second-order valence-corrected chi connectivity index (χ2v) is 4.69. The monoisotopic (exact) mass is 310 g/mol. The Bertz CT molecular complexity index is 736. The molecule has 0 radical (unpaired) electrons. The van der Waals surface area contributed by atoms with E-state index in [9.17, 15) is 9.18 Å². The van der Waals surface area contributed by atoms with Crippen molar-refractivity contribution < 1.29 is 13.9 Å². The lowest BCUT2D eigenvalue weighted by atomic mass is 10.1. The first kappa shape index (κ1) is 16.2. The van der Waals surface area contributed by atoms with Gasteiger partial charge in [-0.25, -0.2) is 9.18 Å². The van der Waals surface area contributed by atoms with Gasteiger partial charge in [0.2, 0.25) is 0 Å². The van der Waals surface area contributed by atoms with E-state index in [0.717, 1.165) is 5.56 Å². The van der Waals surface area contributed by atoms with Gasteiger partial charge in [0.25, 0.3) is 0 Å². The number of amides is 1. The zero-order chi connectivity index (χ0) is 16.5. The molecule has 5 heteroatoms. The van der Waals surface area contributed by atoms with E-state index in [4.69, 9.17) is 10.00 Å². The van der Waals surface area contributed by atoms with Crippen molar-refractivity contribution in [3.05, 3.63) is 77.1 Å². The van der Waals surface area contributed by atoms with Gasteiger partial charge in [-0.2, -0.15) is 5.26 Å². The summed E-state index contributed by atoms with van der Waals surface area (Å²) in [4.78, 5) is 11.5. The van der Waals surface area contributed by atoms with Crippen molar-refractivity contribution in [2.45, 2.75) is 6.61 Å². The smallest absolute Gasteiger partial charge is 0.407 e. The van der Waals surface area contributed by atoms with E-state index in [2.05, 4.69) is 5.32 Å². The first-order valence-electron chi connectivity index (χ1n) is 7.00. The molecule has 0 aliphatic carbocycles. The average Bonchev–Trinajstić information content (AvgIpc) is 2.58. The van der Waals surface area contributed by atoms with Crippen LogP contribution >= 0.6 is 0 Å². The minimum absolute atomic E-state index is 0.193. The van der Waals surface area contributed by atoms with E-state index < -0.39 is 11.9 Å². The molecule has 1 amide bonds. The highest BCUT2D eigenvalue weighted by molar-refractivity contribution is 5.67. The molecule has 116 valence electrons. The van der Waals surface area contributed by atoms with Crippen molar-refractivity contribution in [1.82, 2.24) is 5.32 Å². The van der Waals surface area contributed by atoms with Crippen molar-refractivity contribution in [1.29, 1.82) is 5.26 Å². The number of carbonyl (C=O) groups is 1. The molecule has 2 aromatic rings. The molecular weight excluding hydrogens is 295 g/mol. The van der Waals surface area contributed by atoms with Gasteiger partial charge in [0.05, 0.1) is 11.6 Å². The summed E-state index contributed by atoms with van der Waals surface area (Å²) >= 11 is 0. The Morgan fingerprint density at radius 1 is 1.26 bits per heavy atom. The summed E-state index contributed by atoms with van der Waals surface area (Å²) in [5, 5.41) is 11.5. The maximum Gasteiger partial charge on any atom is 0.407 e. The van der Waals surface area contributed by atoms with E-state index in [1.54, 1.807) is 12.2 Å². The van der Waals surface area contributed by atoms with Crippen LogP contribution in [-0.4, -0.2) is 12.6 Å². The highest BCUT2D eigenvalue weighted by Crippen LogP contribution is 2.12. The van der Waals surface area contributed by atoms with Crippen LogP contribution in [0.15, 0.2) is 54.6 Å². The Morgan fingerprint density at radius 2 is 2.04 bits per heavy atom. The van der Waals surface area contributed by atoms with Gasteiger partial charge < -0.3 is 10.1 Å². The van der Waals surface area contributed by atoms with Crippen LogP contribution in [0.2, 0.25) is 0 Å². The summed E-state index contributed by atoms with van der Waals surface area (Å²) in [6.07, 6.45) is 2.66. The fourth-order valence-corrected chi connectivity index (χ4v) is 1.88. The number of hydrogen-bond donors (Lipinski definition) is 1.